The molecule has 0 amide bonds. The summed E-state index contributed by atoms with van der Waals surface area (Å²) in [7, 11) is 4.83. The zero-order chi connectivity index (χ0) is 46.8. The average Bonchev–Trinajstić information content (AvgIpc) is 4.24. The quantitative estimate of drug-likeness (QED) is 0.337. The Morgan fingerprint density at radius 1 is 0.493 bits per heavy atom. The van der Waals surface area contributed by atoms with Crippen molar-refractivity contribution >= 4 is 11.6 Å². The van der Waals surface area contributed by atoms with Crippen molar-refractivity contribution < 1.29 is 57.3 Å². The van der Waals surface area contributed by atoms with Crippen LogP contribution in [-0.4, -0.2) is 135 Å². The highest BCUT2D eigenvalue weighted by molar-refractivity contribution is 6.04. The zero-order valence-corrected chi connectivity index (χ0v) is 39.5. The van der Waals surface area contributed by atoms with E-state index in [2.05, 4.69) is 57.2 Å². The topological polar surface area (TPSA) is 147 Å². The second kappa shape index (κ2) is 16.2. The molecule has 0 aromatic heterocycles. The molecule has 15 heteroatoms. The first kappa shape index (κ1) is 43.3. The van der Waals surface area contributed by atoms with Gasteiger partial charge in [-0.3, -0.25) is 24.3 Å². The van der Waals surface area contributed by atoms with Crippen LogP contribution in [0.5, 0.6) is 34.5 Å². The number of Topliss-reactive ketones (excluding diaryl/α,β-unsaturated/α-hetero) is 2. The summed E-state index contributed by atoms with van der Waals surface area (Å²) in [5.74, 6) is 6.26. The Bertz CT molecular complexity index is 2640. The van der Waals surface area contributed by atoms with Gasteiger partial charge in [-0.05, 0) is 165 Å². The van der Waals surface area contributed by atoms with Gasteiger partial charge in [0, 0.05) is 25.6 Å². The molecule has 362 valence electrons. The van der Waals surface area contributed by atoms with Crippen LogP contribution in [0.25, 0.3) is 0 Å². The lowest BCUT2D eigenvalue weighted by atomic mass is 9.78. The fourth-order valence-corrected chi connectivity index (χ4v) is 14.6. The summed E-state index contributed by atoms with van der Waals surface area (Å²) < 4.78 is 49.6. The average molecular weight is 942 g/mol. The minimum atomic E-state index is -0.599. The normalized spacial score (nSPS) is 32.3. The molecule has 15 rings (SSSR count). The molecule has 12 aliphatic rings. The molecule has 7 atom stereocenters. The molecule has 0 saturated carbocycles. The molecule has 3 fully saturated rings. The summed E-state index contributed by atoms with van der Waals surface area (Å²) in [6, 6.07) is 12.4. The van der Waals surface area contributed by atoms with Crippen molar-refractivity contribution in [1.29, 1.82) is 0 Å². The predicted octanol–water partition coefficient (Wildman–Crippen LogP) is 5.80. The van der Waals surface area contributed by atoms with Gasteiger partial charge in [0.1, 0.15) is 11.9 Å². The third-order valence-corrected chi connectivity index (χ3v) is 17.6. The molecule has 3 spiro atoms. The maximum Gasteiger partial charge on any atom is 0.231 e. The summed E-state index contributed by atoms with van der Waals surface area (Å²) in [5.41, 5.74) is 6.47. The number of rotatable bonds is 3. The van der Waals surface area contributed by atoms with E-state index in [0.29, 0.717) is 17.3 Å². The number of fused-ring (bicyclic) bond motifs is 9. The summed E-state index contributed by atoms with van der Waals surface area (Å²) in [6.45, 7) is 6.89. The van der Waals surface area contributed by atoms with Crippen molar-refractivity contribution in [3.8, 4) is 34.5 Å². The van der Waals surface area contributed by atoms with Gasteiger partial charge in [-0.2, -0.15) is 0 Å². The predicted molar refractivity (Wildman–Crippen MR) is 249 cm³/mol. The van der Waals surface area contributed by atoms with Gasteiger partial charge in [0.25, 0.3) is 0 Å². The number of hydrogen-bond donors (Lipinski definition) is 1. The number of aliphatic hydroxyl groups is 1. The minimum absolute atomic E-state index is 0.00644. The Kier molecular flexibility index (Phi) is 10.1. The van der Waals surface area contributed by atoms with E-state index in [1.807, 2.05) is 12.1 Å². The van der Waals surface area contributed by atoms with Crippen LogP contribution in [0.1, 0.15) is 89.7 Å². The molecule has 0 bridgehead atoms. The Balaban J connectivity index is 0.000000102. The third-order valence-electron chi connectivity index (χ3n) is 17.6. The van der Waals surface area contributed by atoms with Crippen molar-refractivity contribution in [3.05, 3.63) is 105 Å². The zero-order valence-electron chi connectivity index (χ0n) is 39.5. The number of hydrogen-bond acceptors (Lipinski definition) is 15. The highest BCUT2D eigenvalue weighted by Gasteiger charge is 2.59. The highest BCUT2D eigenvalue weighted by atomic mass is 16.7. The number of ether oxygens (including phenoxy) is 9. The first-order valence-corrected chi connectivity index (χ1v) is 24.8. The van der Waals surface area contributed by atoms with Crippen LogP contribution in [0, 0.1) is 0 Å². The molecular formula is C54H59N3O12. The molecule has 0 radical (unpaired) electrons. The minimum Gasteiger partial charge on any atom is -0.499 e. The Morgan fingerprint density at radius 2 is 0.870 bits per heavy atom. The van der Waals surface area contributed by atoms with Gasteiger partial charge in [0.2, 0.25) is 31.9 Å². The third kappa shape index (κ3) is 6.31. The maximum absolute atomic E-state index is 13.0. The van der Waals surface area contributed by atoms with Crippen molar-refractivity contribution in [2.45, 2.75) is 98.3 Å². The van der Waals surface area contributed by atoms with E-state index in [1.54, 1.807) is 21.3 Å². The highest BCUT2D eigenvalue weighted by Crippen LogP contribution is 2.57. The summed E-state index contributed by atoms with van der Waals surface area (Å²) >= 11 is 0. The van der Waals surface area contributed by atoms with Gasteiger partial charge in [-0.15, -0.1) is 0 Å². The molecule has 69 heavy (non-hydrogen) atoms. The van der Waals surface area contributed by atoms with Crippen LogP contribution >= 0.6 is 0 Å². The van der Waals surface area contributed by atoms with E-state index in [-0.39, 0.29) is 66.3 Å². The summed E-state index contributed by atoms with van der Waals surface area (Å²) in [5, 5.41) is 11.0. The van der Waals surface area contributed by atoms with Crippen LogP contribution in [0.3, 0.4) is 0 Å². The van der Waals surface area contributed by atoms with Crippen molar-refractivity contribution in [2.75, 3.05) is 81.0 Å². The van der Waals surface area contributed by atoms with Gasteiger partial charge in [0.05, 0.1) is 49.8 Å². The van der Waals surface area contributed by atoms with E-state index in [0.717, 1.165) is 143 Å². The summed E-state index contributed by atoms with van der Waals surface area (Å²) in [4.78, 5) is 33.5. The second-order valence-electron chi connectivity index (χ2n) is 20.4. The van der Waals surface area contributed by atoms with Crippen LogP contribution in [-0.2, 0) is 43.1 Å². The van der Waals surface area contributed by atoms with Crippen molar-refractivity contribution in [3.63, 3.8) is 0 Å². The largest absolute Gasteiger partial charge is 0.499 e. The standard InChI is InChI=1S/C18H21NO4.2C18H19NO4/c3*1-21-15-9-18-4-2-5-19(18)6-3-11-7-13-14(23-10-22-13)8-12(11)16(18)17(15)20/h7-9,16-17,20H,2-6,10H2,1H3;2*7-9,16H,2-6,10H2,1H3/t16-,17-,18+;2*16-,18+/m111/s1. The number of methoxy groups -OCH3 is 3. The SMILES string of the molecule is COC1=C[C@]23CCCN2CCc2cc4c(cc2[C@@H]3C1=O)OCO4.COC1=C[C@]23CCCN2CCc2cc4c(cc2[C@@H]3C1=O)OCO4.COC1=C[C@]23CCCN2CCc2cc4c(cc2[C@@H]3[C@@H]1O)OCO4. The molecule has 15 nitrogen and oxygen atoms in total. The first-order chi connectivity index (χ1) is 33.7. The molecule has 9 heterocycles. The van der Waals surface area contributed by atoms with E-state index in [9.17, 15) is 14.7 Å². The van der Waals surface area contributed by atoms with Crippen molar-refractivity contribution in [2.24, 2.45) is 0 Å². The number of aliphatic hydroxyl groups excluding tert-OH is 1. The first-order valence-electron chi connectivity index (χ1n) is 24.8. The smallest absolute Gasteiger partial charge is 0.231 e. The molecule has 3 saturated heterocycles. The lowest BCUT2D eigenvalue weighted by Crippen LogP contribution is -2.46. The van der Waals surface area contributed by atoms with Crippen LogP contribution in [0.4, 0.5) is 0 Å². The number of benzene rings is 3. The number of carbonyl (C=O) groups is 2. The Labute approximate surface area is 401 Å². The van der Waals surface area contributed by atoms with Crippen LogP contribution < -0.4 is 28.4 Å². The maximum atomic E-state index is 13.0. The lowest BCUT2D eigenvalue weighted by Gasteiger charge is -2.38. The van der Waals surface area contributed by atoms with E-state index < -0.39 is 6.10 Å². The van der Waals surface area contributed by atoms with Crippen LogP contribution in [0.15, 0.2) is 71.9 Å². The van der Waals surface area contributed by atoms with E-state index in [4.69, 9.17) is 42.6 Å². The van der Waals surface area contributed by atoms with Gasteiger partial charge in [-0.1, -0.05) is 0 Å². The molecule has 3 aromatic carbocycles. The van der Waals surface area contributed by atoms with Crippen molar-refractivity contribution in [1.82, 2.24) is 14.7 Å². The molecule has 9 aliphatic heterocycles. The Hall–Kier alpha value is -5.74. The van der Waals surface area contributed by atoms with Gasteiger partial charge < -0.3 is 47.7 Å². The van der Waals surface area contributed by atoms with Gasteiger partial charge >= 0.3 is 0 Å². The monoisotopic (exact) mass is 941 g/mol. The van der Waals surface area contributed by atoms with Crippen LogP contribution in [0.2, 0.25) is 0 Å². The molecule has 1 N–H and O–H groups in total. The van der Waals surface area contributed by atoms with Gasteiger partial charge in [0.15, 0.2) is 46.0 Å². The van der Waals surface area contributed by atoms with E-state index >= 15 is 0 Å². The molecule has 3 aromatic rings. The van der Waals surface area contributed by atoms with Gasteiger partial charge in [-0.25, -0.2) is 0 Å². The summed E-state index contributed by atoms with van der Waals surface area (Å²) in [6.07, 6.45) is 15.1. The molecular weight excluding hydrogens is 883 g/mol. The molecule has 0 unspecified atom stereocenters. The van der Waals surface area contributed by atoms with E-state index in [1.165, 1.54) is 22.3 Å². The number of allylic oxidation sites excluding steroid dienone is 2. The Morgan fingerprint density at radius 3 is 1.29 bits per heavy atom. The number of ketones is 2. The fourth-order valence-electron chi connectivity index (χ4n) is 14.6. The molecule has 3 aliphatic carbocycles. The number of carbonyl (C=O) groups excluding carboxylic acids is 2. The lowest BCUT2D eigenvalue weighted by molar-refractivity contribution is -0.121. The fraction of sp³-hybridized carbons (Fsp3) is 0.519. The second-order valence-corrected chi connectivity index (χ2v) is 20.4. The number of nitrogens with zero attached hydrogens (tertiary/aromatic N) is 3.